The number of aliphatic hydroxyl groups excluding tert-OH is 11. The van der Waals surface area contributed by atoms with Gasteiger partial charge >= 0.3 is 0 Å². The van der Waals surface area contributed by atoms with Crippen LogP contribution in [0.5, 0.6) is 0 Å². The molecule has 3 aliphatic heterocycles. The lowest BCUT2D eigenvalue weighted by Crippen LogP contribution is -2.66. The molecule has 3 fully saturated rings. The van der Waals surface area contributed by atoms with Gasteiger partial charge in [-0.2, -0.15) is 0 Å². The van der Waals surface area contributed by atoms with E-state index >= 15 is 0 Å². The molecule has 3 heterocycles. The molecule has 3 aliphatic rings. The molecule has 0 aromatic heterocycles. The molecule has 488 valence electrons. The van der Waals surface area contributed by atoms with E-state index < -0.39 is 131 Å². The molecule has 0 aromatic rings. The zero-order chi connectivity index (χ0) is 61.9. The highest BCUT2D eigenvalue weighted by atomic mass is 16.8. The smallest absolute Gasteiger partial charge is 0.220 e. The molecule has 3 saturated heterocycles. The van der Waals surface area contributed by atoms with Crippen LogP contribution >= 0.6 is 0 Å². The Bertz CT molecular complexity index is 1920. The largest absolute Gasteiger partial charge is 0.394 e. The second-order valence-corrected chi connectivity index (χ2v) is 22.5. The first kappa shape index (κ1) is 76.0. The summed E-state index contributed by atoms with van der Waals surface area (Å²) in [7, 11) is 0. The molecular weight excluding hydrogens is 1090 g/mol. The van der Waals surface area contributed by atoms with Crippen molar-refractivity contribution in [3.63, 3.8) is 0 Å². The molecule has 0 saturated carbocycles. The van der Waals surface area contributed by atoms with E-state index in [4.69, 9.17) is 28.4 Å². The summed E-state index contributed by atoms with van der Waals surface area (Å²) >= 11 is 0. The molecule has 12 N–H and O–H groups in total. The van der Waals surface area contributed by atoms with Crippen molar-refractivity contribution in [1.29, 1.82) is 0 Å². The third-order valence-electron chi connectivity index (χ3n) is 15.4. The van der Waals surface area contributed by atoms with Crippen LogP contribution in [0.25, 0.3) is 0 Å². The number of hydrogen-bond donors (Lipinski definition) is 12. The molecule has 17 atom stereocenters. The van der Waals surface area contributed by atoms with Crippen molar-refractivity contribution >= 4 is 5.91 Å². The van der Waals surface area contributed by atoms with Crippen molar-refractivity contribution in [2.75, 3.05) is 26.4 Å². The number of unbranched alkanes of at least 4 members (excludes halogenated alkanes) is 16. The average molecular weight is 1210 g/mol. The molecule has 0 aliphatic carbocycles. The second-order valence-electron chi connectivity index (χ2n) is 22.5. The summed E-state index contributed by atoms with van der Waals surface area (Å²) < 4.78 is 34.2. The number of nitrogens with one attached hydrogen (secondary N) is 1. The Morgan fingerprint density at radius 1 is 0.435 bits per heavy atom. The number of carbonyl (C=O) groups is 1. The fourth-order valence-corrected chi connectivity index (χ4v) is 10.1. The lowest BCUT2D eigenvalue weighted by molar-refractivity contribution is -0.379. The predicted molar refractivity (Wildman–Crippen MR) is 327 cm³/mol. The van der Waals surface area contributed by atoms with E-state index in [-0.39, 0.29) is 12.3 Å². The zero-order valence-electron chi connectivity index (χ0n) is 51.0. The average Bonchev–Trinajstić information content (AvgIpc) is 3.10. The molecule has 85 heavy (non-hydrogen) atoms. The Morgan fingerprint density at radius 3 is 1.32 bits per heavy atom. The zero-order valence-corrected chi connectivity index (χ0v) is 51.0. The van der Waals surface area contributed by atoms with Crippen LogP contribution in [-0.2, 0) is 33.2 Å². The third-order valence-corrected chi connectivity index (χ3v) is 15.4. The first-order valence-corrected chi connectivity index (χ1v) is 32.0. The molecule has 19 nitrogen and oxygen atoms in total. The van der Waals surface area contributed by atoms with E-state index in [2.05, 4.69) is 104 Å². The Kier molecular flexibility index (Phi) is 42.6. The lowest BCUT2D eigenvalue weighted by atomic mass is 9.96. The Morgan fingerprint density at radius 2 is 0.824 bits per heavy atom. The Balaban J connectivity index is 1.52. The van der Waals surface area contributed by atoms with E-state index in [9.17, 15) is 61.0 Å². The summed E-state index contributed by atoms with van der Waals surface area (Å²) in [4.78, 5) is 13.3. The summed E-state index contributed by atoms with van der Waals surface area (Å²) in [6, 6.07) is -1.02. The summed E-state index contributed by atoms with van der Waals surface area (Å²) in [6.07, 6.45) is 33.8. The Labute approximate surface area is 507 Å². The van der Waals surface area contributed by atoms with Crippen LogP contribution in [0.4, 0.5) is 0 Å². The fourth-order valence-electron chi connectivity index (χ4n) is 10.1. The van der Waals surface area contributed by atoms with Crippen molar-refractivity contribution in [2.24, 2.45) is 0 Å². The molecule has 3 rings (SSSR count). The first-order valence-electron chi connectivity index (χ1n) is 32.0. The maximum Gasteiger partial charge on any atom is 0.220 e. The topological polar surface area (TPSA) is 307 Å². The van der Waals surface area contributed by atoms with Crippen molar-refractivity contribution < 1.29 is 89.4 Å². The quantitative estimate of drug-likeness (QED) is 0.0217. The summed E-state index contributed by atoms with van der Waals surface area (Å²) in [6.45, 7) is 1.54. The number of allylic oxidation sites excluding steroid dienone is 15. The van der Waals surface area contributed by atoms with E-state index in [0.717, 1.165) is 70.6 Å². The van der Waals surface area contributed by atoms with E-state index in [0.29, 0.717) is 12.8 Å². The molecule has 0 bridgehead atoms. The fraction of sp³-hybridized carbons (Fsp3) is 0.742. The van der Waals surface area contributed by atoms with Gasteiger partial charge in [-0.1, -0.05) is 188 Å². The minimum Gasteiger partial charge on any atom is -0.394 e. The van der Waals surface area contributed by atoms with E-state index in [1.54, 1.807) is 6.08 Å². The van der Waals surface area contributed by atoms with Gasteiger partial charge in [0.1, 0.15) is 73.2 Å². The molecule has 17 unspecified atom stereocenters. The maximum absolute atomic E-state index is 13.3. The van der Waals surface area contributed by atoms with Crippen molar-refractivity contribution in [1.82, 2.24) is 5.32 Å². The van der Waals surface area contributed by atoms with Gasteiger partial charge in [0.2, 0.25) is 5.91 Å². The number of aliphatic hydroxyl groups is 11. The van der Waals surface area contributed by atoms with Gasteiger partial charge in [-0.25, -0.2) is 0 Å². The molecule has 1 amide bonds. The van der Waals surface area contributed by atoms with Crippen LogP contribution in [0.3, 0.4) is 0 Å². The number of rotatable bonds is 46. The second kappa shape index (κ2) is 47.7. The molecule has 0 aromatic carbocycles. The highest BCUT2D eigenvalue weighted by Gasteiger charge is 2.53. The number of hydrogen-bond acceptors (Lipinski definition) is 18. The van der Waals surface area contributed by atoms with Crippen LogP contribution in [0, 0.1) is 0 Å². The number of amides is 1. The minimum atomic E-state index is -1.99. The normalized spacial score (nSPS) is 29.6. The Hall–Kier alpha value is -3.29. The van der Waals surface area contributed by atoms with Crippen molar-refractivity contribution in [2.45, 2.75) is 285 Å². The van der Waals surface area contributed by atoms with Crippen molar-refractivity contribution in [3.05, 3.63) is 97.2 Å². The SMILES string of the molecule is CC/C=C\C/C=C\C/C=C\C/C=C\C/C=C\C/C=C\CCCCC(=O)NC(COC1OC(CO)C(OC2OC(CO)C(OC3OC(CO)C(O)C(O)C3O)C(O)C2O)C(O)C1O)C(O)/C=C/CC/C=C/CCCCCCCCCCCCCCC. The van der Waals surface area contributed by atoms with Crippen molar-refractivity contribution in [3.8, 4) is 0 Å². The molecule has 0 radical (unpaired) electrons. The summed E-state index contributed by atoms with van der Waals surface area (Å²) in [5.41, 5.74) is 0. The van der Waals surface area contributed by atoms with Crippen LogP contribution in [-0.4, -0.2) is 193 Å². The van der Waals surface area contributed by atoms with Crippen LogP contribution in [0.1, 0.15) is 181 Å². The van der Waals surface area contributed by atoms with E-state index in [1.807, 2.05) is 6.08 Å². The predicted octanol–water partition coefficient (Wildman–Crippen LogP) is 6.93. The van der Waals surface area contributed by atoms with E-state index in [1.165, 1.54) is 77.0 Å². The van der Waals surface area contributed by atoms with Crippen LogP contribution < -0.4 is 5.32 Å². The van der Waals surface area contributed by atoms with Gasteiger partial charge in [-0.05, 0) is 83.5 Å². The van der Waals surface area contributed by atoms with Crippen LogP contribution in [0.2, 0.25) is 0 Å². The van der Waals surface area contributed by atoms with Crippen LogP contribution in [0.15, 0.2) is 97.2 Å². The monoisotopic (exact) mass is 1210 g/mol. The number of carbonyl (C=O) groups excluding carboxylic acids is 1. The standard InChI is InChI=1S/C66H111NO18/c1-3-5-7-9-11-13-15-17-19-21-23-24-26-28-30-32-34-36-38-40-42-44-54(72)67-49(50(71)43-41-39-37-35-33-31-29-27-25-22-20-18-16-14-12-10-8-6-4-2)48-80-64-60(78)57(75)62(52(46-69)82-64)85-66-61(79)58(76)63(53(47-70)83-66)84-65-59(77)56(74)55(73)51(45-68)81-65/h5,7,11,13,17,19,23-24,28,30,33-36,41,43,49-53,55-66,68-71,73-79H,3-4,6,8-10,12,14-16,18,20-22,25-27,29,31-32,37-40,42,44-48H2,1-2H3,(H,67,72)/b7-5-,13-11-,19-17-,24-23-,30-28-,35-33+,36-34-,43-41+. The van der Waals surface area contributed by atoms with Gasteiger partial charge in [0.25, 0.3) is 0 Å². The summed E-state index contributed by atoms with van der Waals surface area (Å²) in [5, 5.41) is 120. The van der Waals surface area contributed by atoms with Gasteiger partial charge in [0.15, 0.2) is 18.9 Å². The third kappa shape index (κ3) is 30.7. The van der Waals surface area contributed by atoms with Gasteiger partial charge in [-0.15, -0.1) is 0 Å². The van der Waals surface area contributed by atoms with Gasteiger partial charge in [0, 0.05) is 6.42 Å². The number of ether oxygens (including phenoxy) is 6. The minimum absolute atomic E-state index is 0.175. The van der Waals surface area contributed by atoms with Gasteiger partial charge in [-0.3, -0.25) is 4.79 Å². The molecule has 0 spiro atoms. The molecule has 19 heteroatoms. The van der Waals surface area contributed by atoms with Gasteiger partial charge in [0.05, 0.1) is 38.6 Å². The highest BCUT2D eigenvalue weighted by Crippen LogP contribution is 2.33. The lowest BCUT2D eigenvalue weighted by Gasteiger charge is -2.48. The van der Waals surface area contributed by atoms with Gasteiger partial charge < -0.3 is 89.9 Å². The maximum atomic E-state index is 13.3. The summed E-state index contributed by atoms with van der Waals surface area (Å²) in [5.74, 6) is -0.331. The molecular formula is C66H111NO18. The highest BCUT2D eigenvalue weighted by molar-refractivity contribution is 5.76. The first-order chi connectivity index (χ1) is 41.3.